The molecule has 0 bridgehead atoms. The van der Waals surface area contributed by atoms with Crippen LogP contribution < -0.4 is 4.72 Å². The summed E-state index contributed by atoms with van der Waals surface area (Å²) in [7, 11) is 0. The summed E-state index contributed by atoms with van der Waals surface area (Å²) in [5, 5.41) is 0. The van der Waals surface area contributed by atoms with Crippen LogP contribution in [0.5, 0.6) is 0 Å². The molecule has 0 amide bonds. The molecule has 18 heavy (non-hydrogen) atoms. The summed E-state index contributed by atoms with van der Waals surface area (Å²) < 4.78 is 41.6. The fourth-order valence-electron chi connectivity index (χ4n) is 1.46. The highest BCUT2D eigenvalue weighted by atomic mass is 32.2. The lowest BCUT2D eigenvalue weighted by molar-refractivity contribution is -0.138. The first-order valence-electron chi connectivity index (χ1n) is 5.71. The van der Waals surface area contributed by atoms with Crippen LogP contribution in [0.15, 0.2) is 24.3 Å². The zero-order valence-electron chi connectivity index (χ0n) is 10.9. The smallest absolute Gasteiger partial charge is 0.256 e. The molecule has 1 unspecified atom stereocenters. The molecule has 0 aliphatic carbocycles. The lowest BCUT2D eigenvalue weighted by atomic mass is 10.0. The van der Waals surface area contributed by atoms with Crippen LogP contribution >= 0.6 is 11.9 Å². The van der Waals surface area contributed by atoms with Crippen LogP contribution in [0.1, 0.15) is 44.9 Å². The van der Waals surface area contributed by atoms with Crippen molar-refractivity contribution in [3.05, 3.63) is 35.4 Å². The summed E-state index contributed by atoms with van der Waals surface area (Å²) in [6.07, 6.45) is -4.31. The van der Waals surface area contributed by atoms with Crippen molar-refractivity contribution < 1.29 is 13.2 Å². The van der Waals surface area contributed by atoms with Crippen molar-refractivity contribution in [2.75, 3.05) is 0 Å². The molecule has 5 heteroatoms. The lowest BCUT2D eigenvalue weighted by Crippen LogP contribution is -2.22. The maximum atomic E-state index is 12.8. The number of rotatable bonds is 3. The highest BCUT2D eigenvalue weighted by Gasteiger charge is 2.34. The summed E-state index contributed by atoms with van der Waals surface area (Å²) in [5.74, 6) is 0. The molecule has 1 rings (SSSR count). The molecule has 0 saturated heterocycles. The van der Waals surface area contributed by atoms with Gasteiger partial charge in [0.1, 0.15) is 0 Å². The van der Waals surface area contributed by atoms with Gasteiger partial charge in [-0.1, -0.05) is 30.1 Å². The van der Waals surface area contributed by atoms with Crippen LogP contribution in [0, 0.1) is 0 Å². The number of alkyl halides is 3. The SMILES string of the molecule is CC(NSC(C)(C)C)c1ccccc1C(F)(F)F. The van der Waals surface area contributed by atoms with Gasteiger partial charge in [-0.2, -0.15) is 13.2 Å². The predicted octanol–water partition coefficient (Wildman–Crippen LogP) is 4.80. The Hall–Kier alpha value is -0.680. The fraction of sp³-hybridized carbons (Fsp3) is 0.538. The largest absolute Gasteiger partial charge is 0.416 e. The molecule has 0 saturated carbocycles. The number of nitrogens with one attached hydrogen (secondary N) is 1. The highest BCUT2D eigenvalue weighted by Crippen LogP contribution is 2.35. The van der Waals surface area contributed by atoms with E-state index in [0.29, 0.717) is 0 Å². The molecule has 0 spiro atoms. The highest BCUT2D eigenvalue weighted by molar-refractivity contribution is 7.98. The Morgan fingerprint density at radius 1 is 1.11 bits per heavy atom. The van der Waals surface area contributed by atoms with E-state index in [1.165, 1.54) is 24.1 Å². The fourth-order valence-corrected chi connectivity index (χ4v) is 2.12. The first-order valence-corrected chi connectivity index (χ1v) is 6.52. The second-order valence-corrected chi connectivity index (χ2v) is 6.80. The summed E-state index contributed by atoms with van der Waals surface area (Å²) >= 11 is 1.44. The Balaban J connectivity index is 2.89. The molecule has 1 aromatic carbocycles. The van der Waals surface area contributed by atoms with Gasteiger partial charge in [-0.15, -0.1) is 0 Å². The molecular weight excluding hydrogens is 259 g/mol. The van der Waals surface area contributed by atoms with E-state index in [0.717, 1.165) is 6.07 Å². The predicted molar refractivity (Wildman–Crippen MR) is 70.3 cm³/mol. The van der Waals surface area contributed by atoms with Crippen molar-refractivity contribution in [3.63, 3.8) is 0 Å². The van der Waals surface area contributed by atoms with Gasteiger partial charge in [0.2, 0.25) is 0 Å². The lowest BCUT2D eigenvalue weighted by Gasteiger charge is -2.23. The zero-order chi connectivity index (χ0) is 14.0. The molecule has 1 nitrogen and oxygen atoms in total. The number of hydrogen-bond acceptors (Lipinski definition) is 2. The summed E-state index contributed by atoms with van der Waals surface area (Å²) in [6.45, 7) is 7.76. The van der Waals surface area contributed by atoms with Gasteiger partial charge in [-0.05, 0) is 39.3 Å². The number of halogens is 3. The van der Waals surface area contributed by atoms with Crippen LogP contribution in [0.2, 0.25) is 0 Å². The number of hydrogen-bond donors (Lipinski definition) is 1. The monoisotopic (exact) mass is 277 g/mol. The standard InChI is InChI=1S/C13H18F3NS/c1-9(17-18-12(2,3)4)10-7-5-6-8-11(10)13(14,15)16/h5-9,17H,1-4H3. The molecule has 1 aromatic rings. The third kappa shape index (κ3) is 4.53. The first kappa shape index (κ1) is 15.4. The summed E-state index contributed by atoms with van der Waals surface area (Å²) in [5.41, 5.74) is -0.291. The molecule has 0 radical (unpaired) electrons. The Morgan fingerprint density at radius 3 is 2.17 bits per heavy atom. The summed E-state index contributed by atoms with van der Waals surface area (Å²) in [6, 6.07) is 5.33. The van der Waals surface area contributed by atoms with Gasteiger partial charge < -0.3 is 0 Å². The minimum atomic E-state index is -4.31. The van der Waals surface area contributed by atoms with E-state index in [4.69, 9.17) is 0 Å². The van der Waals surface area contributed by atoms with Crippen LogP contribution in [0.25, 0.3) is 0 Å². The van der Waals surface area contributed by atoms with E-state index in [1.54, 1.807) is 13.0 Å². The quantitative estimate of drug-likeness (QED) is 0.796. The van der Waals surface area contributed by atoms with Gasteiger partial charge in [-0.25, -0.2) is 0 Å². The van der Waals surface area contributed by atoms with E-state index in [-0.39, 0.29) is 16.4 Å². The van der Waals surface area contributed by atoms with Crippen molar-refractivity contribution in [1.29, 1.82) is 0 Å². The van der Waals surface area contributed by atoms with Gasteiger partial charge >= 0.3 is 6.18 Å². The normalized spacial score (nSPS) is 14.6. The Bertz CT molecular complexity index is 396. The van der Waals surface area contributed by atoms with Crippen molar-refractivity contribution in [2.24, 2.45) is 0 Å². The Kier molecular flexibility index (Phi) is 4.72. The van der Waals surface area contributed by atoms with Crippen LogP contribution in [-0.4, -0.2) is 4.75 Å². The minimum absolute atomic E-state index is 0.0402. The van der Waals surface area contributed by atoms with Gasteiger partial charge in [-0.3, -0.25) is 4.72 Å². The second kappa shape index (κ2) is 5.53. The Morgan fingerprint density at radius 2 is 1.67 bits per heavy atom. The average molecular weight is 277 g/mol. The van der Waals surface area contributed by atoms with Crippen molar-refractivity contribution in [2.45, 2.75) is 44.7 Å². The van der Waals surface area contributed by atoms with Crippen molar-refractivity contribution >= 4 is 11.9 Å². The molecule has 1 N–H and O–H groups in total. The topological polar surface area (TPSA) is 12.0 Å². The van der Waals surface area contributed by atoms with Crippen molar-refractivity contribution in [3.8, 4) is 0 Å². The van der Waals surface area contributed by atoms with Gasteiger partial charge in [0.15, 0.2) is 0 Å². The molecule has 0 aliphatic rings. The molecular formula is C13H18F3NS. The van der Waals surface area contributed by atoms with E-state index in [1.807, 2.05) is 20.8 Å². The summed E-state index contributed by atoms with van der Waals surface area (Å²) in [4.78, 5) is 0. The van der Waals surface area contributed by atoms with Gasteiger partial charge in [0.25, 0.3) is 0 Å². The van der Waals surface area contributed by atoms with Crippen LogP contribution in [-0.2, 0) is 6.18 Å². The van der Waals surface area contributed by atoms with Crippen LogP contribution in [0.3, 0.4) is 0 Å². The molecule has 0 fully saturated rings. The molecule has 0 aromatic heterocycles. The molecule has 0 heterocycles. The minimum Gasteiger partial charge on any atom is -0.256 e. The van der Waals surface area contributed by atoms with E-state index < -0.39 is 11.7 Å². The van der Waals surface area contributed by atoms with Crippen LogP contribution in [0.4, 0.5) is 13.2 Å². The maximum absolute atomic E-state index is 12.8. The second-order valence-electron chi connectivity index (χ2n) is 5.14. The third-order valence-electron chi connectivity index (χ3n) is 2.27. The Labute approximate surface area is 110 Å². The van der Waals surface area contributed by atoms with Gasteiger partial charge in [0.05, 0.1) is 5.56 Å². The van der Waals surface area contributed by atoms with E-state index in [9.17, 15) is 13.2 Å². The third-order valence-corrected chi connectivity index (χ3v) is 3.36. The average Bonchev–Trinajstić information content (AvgIpc) is 2.24. The van der Waals surface area contributed by atoms with E-state index >= 15 is 0 Å². The van der Waals surface area contributed by atoms with E-state index in [2.05, 4.69) is 4.72 Å². The van der Waals surface area contributed by atoms with Gasteiger partial charge in [0, 0.05) is 10.8 Å². The molecule has 1 atom stereocenters. The molecule has 0 aliphatic heterocycles. The van der Waals surface area contributed by atoms with Crippen molar-refractivity contribution in [1.82, 2.24) is 4.72 Å². The molecule has 102 valence electrons. The zero-order valence-corrected chi connectivity index (χ0v) is 11.7. The number of benzene rings is 1. The first-order chi connectivity index (χ1) is 8.11. The maximum Gasteiger partial charge on any atom is 0.416 e.